The quantitative estimate of drug-likeness (QED) is 0.207. The summed E-state index contributed by atoms with van der Waals surface area (Å²) in [5, 5.41) is 43.8. The number of aromatic nitrogens is 2. The minimum Gasteiger partial charge on any atom is -0.308 e. The molecule has 0 aliphatic rings. The van der Waals surface area contributed by atoms with Gasteiger partial charge in [0.1, 0.15) is 0 Å². The van der Waals surface area contributed by atoms with Crippen molar-refractivity contribution in [3.63, 3.8) is 0 Å². The van der Waals surface area contributed by atoms with Gasteiger partial charge < -0.3 is 9.13 Å². The molecule has 2 aromatic heterocycles. The first kappa shape index (κ1) is 26.5. The van der Waals surface area contributed by atoms with Crippen LogP contribution in [0.3, 0.4) is 0 Å². The van der Waals surface area contributed by atoms with Crippen LogP contribution in [0.1, 0.15) is 22.3 Å². The maximum Gasteiger partial charge on any atom is 0.0993 e. The SMILES string of the molecule is N#Cc1ccc(-c2c(-n3c4ccccc4c4ccc(C#N)cc43)cc(C#N)cc2-n2c3ccccc3c3ccc(C#N)cc32)cc1. The molecule has 0 fully saturated rings. The largest absolute Gasteiger partial charge is 0.308 e. The van der Waals surface area contributed by atoms with Crippen molar-refractivity contribution in [2.24, 2.45) is 0 Å². The number of hydrogen-bond acceptors (Lipinski definition) is 4. The Kier molecular flexibility index (Phi) is 5.91. The van der Waals surface area contributed by atoms with E-state index >= 15 is 0 Å². The lowest BCUT2D eigenvalue weighted by Gasteiger charge is -2.21. The third-order valence-electron chi connectivity index (χ3n) is 8.62. The Balaban J connectivity index is 1.61. The summed E-state index contributed by atoms with van der Waals surface area (Å²) < 4.78 is 4.25. The van der Waals surface area contributed by atoms with E-state index in [1.54, 1.807) is 12.1 Å². The standard InChI is InChI=1S/C40H20N6/c41-21-25-9-13-29(14-10-25)40-38(45-34-7-3-1-5-30(34)32-15-11-26(22-42)17-36(32)45)19-28(24-44)20-39(40)46-35-8-4-2-6-31(35)33-16-12-27(23-43)18-37(33)46/h1-20H. The Hall–Kier alpha value is -7.12. The van der Waals surface area contributed by atoms with Crippen LogP contribution in [0.25, 0.3) is 66.1 Å². The van der Waals surface area contributed by atoms with Gasteiger partial charge in [0.05, 0.1) is 80.0 Å². The average molecular weight is 585 g/mol. The molecule has 6 heteroatoms. The van der Waals surface area contributed by atoms with Crippen molar-refractivity contribution >= 4 is 43.6 Å². The Labute approximate surface area is 263 Å². The Morgan fingerprint density at radius 2 is 0.783 bits per heavy atom. The van der Waals surface area contributed by atoms with E-state index in [1.165, 1.54) is 0 Å². The van der Waals surface area contributed by atoms with Gasteiger partial charge in [0.2, 0.25) is 0 Å². The maximum atomic E-state index is 10.4. The first-order valence-corrected chi connectivity index (χ1v) is 14.6. The molecule has 6 aromatic carbocycles. The summed E-state index contributed by atoms with van der Waals surface area (Å²) in [4.78, 5) is 0. The second kappa shape index (κ2) is 10.3. The summed E-state index contributed by atoms with van der Waals surface area (Å²) in [6.45, 7) is 0. The van der Waals surface area contributed by atoms with Crippen molar-refractivity contribution in [3.05, 3.63) is 144 Å². The van der Waals surface area contributed by atoms with E-state index in [4.69, 9.17) is 0 Å². The van der Waals surface area contributed by atoms with E-state index < -0.39 is 0 Å². The van der Waals surface area contributed by atoms with E-state index in [0.29, 0.717) is 22.3 Å². The van der Waals surface area contributed by atoms with E-state index in [0.717, 1.165) is 66.1 Å². The Morgan fingerprint density at radius 1 is 0.370 bits per heavy atom. The number of benzene rings is 6. The van der Waals surface area contributed by atoms with Gasteiger partial charge in [-0.1, -0.05) is 60.7 Å². The van der Waals surface area contributed by atoms with Crippen molar-refractivity contribution in [1.82, 2.24) is 9.13 Å². The van der Waals surface area contributed by atoms with Gasteiger partial charge >= 0.3 is 0 Å². The van der Waals surface area contributed by atoms with E-state index in [1.807, 2.05) is 97.1 Å². The van der Waals surface area contributed by atoms with Gasteiger partial charge in [-0.15, -0.1) is 0 Å². The third kappa shape index (κ3) is 3.86. The lowest BCUT2D eigenvalue weighted by Crippen LogP contribution is -2.05. The zero-order chi connectivity index (χ0) is 31.4. The van der Waals surface area contributed by atoms with E-state index in [9.17, 15) is 21.0 Å². The second-order valence-corrected chi connectivity index (χ2v) is 11.1. The van der Waals surface area contributed by atoms with Gasteiger partial charge in [0.15, 0.2) is 0 Å². The van der Waals surface area contributed by atoms with Gasteiger partial charge in [0.25, 0.3) is 0 Å². The van der Waals surface area contributed by atoms with Crippen LogP contribution in [0.4, 0.5) is 0 Å². The molecule has 8 aromatic rings. The predicted octanol–water partition coefficient (Wildman–Crippen LogP) is 9.03. The molecule has 0 unspecified atom stereocenters. The molecule has 0 N–H and O–H groups in total. The summed E-state index contributed by atoms with van der Waals surface area (Å²) >= 11 is 0. The molecule has 0 radical (unpaired) electrons. The monoisotopic (exact) mass is 584 g/mol. The molecule has 0 saturated heterocycles. The zero-order valence-electron chi connectivity index (χ0n) is 24.2. The van der Waals surface area contributed by atoms with Crippen molar-refractivity contribution < 1.29 is 0 Å². The smallest absolute Gasteiger partial charge is 0.0993 e. The van der Waals surface area contributed by atoms with Crippen LogP contribution in [0, 0.1) is 45.3 Å². The second-order valence-electron chi connectivity index (χ2n) is 11.1. The topological polar surface area (TPSA) is 105 Å². The first-order chi connectivity index (χ1) is 22.6. The molecule has 210 valence electrons. The maximum absolute atomic E-state index is 10.4. The number of nitrogens with zero attached hydrogens (tertiary/aromatic N) is 6. The molecule has 0 aliphatic carbocycles. The van der Waals surface area contributed by atoms with Gasteiger partial charge in [-0.05, 0) is 66.2 Å². The minimum atomic E-state index is 0.451. The molecule has 46 heavy (non-hydrogen) atoms. The summed E-state index contributed by atoms with van der Waals surface area (Å²) in [6.07, 6.45) is 0. The van der Waals surface area contributed by atoms with Crippen LogP contribution >= 0.6 is 0 Å². The molecule has 8 rings (SSSR count). The fourth-order valence-electron chi connectivity index (χ4n) is 6.64. The number of rotatable bonds is 3. The van der Waals surface area contributed by atoms with Crippen LogP contribution in [0.15, 0.2) is 121 Å². The highest BCUT2D eigenvalue weighted by atomic mass is 15.0. The van der Waals surface area contributed by atoms with Crippen molar-refractivity contribution in [1.29, 1.82) is 21.0 Å². The van der Waals surface area contributed by atoms with Crippen LogP contribution in [-0.2, 0) is 0 Å². The van der Waals surface area contributed by atoms with Crippen molar-refractivity contribution in [2.45, 2.75) is 0 Å². The fourth-order valence-corrected chi connectivity index (χ4v) is 6.64. The molecule has 0 aliphatic heterocycles. The molecular formula is C40H20N6. The van der Waals surface area contributed by atoms with Gasteiger partial charge in [0, 0.05) is 27.1 Å². The highest BCUT2D eigenvalue weighted by Crippen LogP contribution is 2.43. The molecule has 0 amide bonds. The average Bonchev–Trinajstić information content (AvgIpc) is 3.63. The van der Waals surface area contributed by atoms with Gasteiger partial charge in [-0.25, -0.2) is 0 Å². The number of nitriles is 4. The van der Waals surface area contributed by atoms with E-state index in [2.05, 4.69) is 45.5 Å². The van der Waals surface area contributed by atoms with Crippen LogP contribution in [0.5, 0.6) is 0 Å². The molecule has 6 nitrogen and oxygen atoms in total. The highest BCUT2D eigenvalue weighted by Gasteiger charge is 2.23. The van der Waals surface area contributed by atoms with Gasteiger partial charge in [-0.3, -0.25) is 0 Å². The fraction of sp³-hybridized carbons (Fsp3) is 0. The van der Waals surface area contributed by atoms with E-state index in [-0.39, 0.29) is 0 Å². The Morgan fingerprint density at radius 3 is 1.24 bits per heavy atom. The van der Waals surface area contributed by atoms with Gasteiger partial charge in [-0.2, -0.15) is 21.0 Å². The summed E-state index contributed by atoms with van der Waals surface area (Å²) in [5.74, 6) is 0. The van der Waals surface area contributed by atoms with Crippen LogP contribution in [0.2, 0.25) is 0 Å². The highest BCUT2D eigenvalue weighted by molar-refractivity contribution is 6.12. The lowest BCUT2D eigenvalue weighted by atomic mass is 9.97. The van der Waals surface area contributed by atoms with Crippen molar-refractivity contribution in [3.8, 4) is 46.8 Å². The first-order valence-electron chi connectivity index (χ1n) is 14.6. The molecule has 2 heterocycles. The third-order valence-corrected chi connectivity index (χ3v) is 8.62. The Bertz CT molecular complexity index is 2580. The predicted molar refractivity (Wildman–Crippen MR) is 179 cm³/mol. The zero-order valence-corrected chi connectivity index (χ0v) is 24.2. The molecule has 0 spiro atoms. The van der Waals surface area contributed by atoms with Crippen LogP contribution in [-0.4, -0.2) is 9.13 Å². The van der Waals surface area contributed by atoms with Crippen molar-refractivity contribution in [2.75, 3.05) is 0 Å². The number of hydrogen-bond donors (Lipinski definition) is 0. The van der Waals surface area contributed by atoms with Crippen LogP contribution < -0.4 is 0 Å². The minimum absolute atomic E-state index is 0.451. The summed E-state index contributed by atoms with van der Waals surface area (Å²) in [6, 6.07) is 47.9. The lowest BCUT2D eigenvalue weighted by molar-refractivity contribution is 1.13. The molecule has 0 bridgehead atoms. The molecular weight excluding hydrogens is 564 g/mol. The summed E-state index contributed by atoms with van der Waals surface area (Å²) in [5.41, 5.74) is 8.75. The number of fused-ring (bicyclic) bond motifs is 6. The molecule has 0 atom stereocenters. The molecule has 0 saturated carbocycles. The normalized spacial score (nSPS) is 11.0. The number of para-hydroxylation sites is 2. The summed E-state index contributed by atoms with van der Waals surface area (Å²) in [7, 11) is 0.